The Morgan fingerprint density at radius 1 is 1.20 bits per heavy atom. The summed E-state index contributed by atoms with van der Waals surface area (Å²) in [4.78, 5) is 21.1. The number of hydrogen-bond donors (Lipinski definition) is 0. The van der Waals surface area contributed by atoms with Crippen molar-refractivity contribution in [2.75, 3.05) is 37.7 Å². The van der Waals surface area contributed by atoms with Gasteiger partial charge in [-0.1, -0.05) is 5.16 Å². The minimum Gasteiger partial charge on any atom is -0.340 e. The lowest BCUT2D eigenvalue weighted by Crippen LogP contribution is -2.51. The van der Waals surface area contributed by atoms with E-state index >= 15 is 0 Å². The highest BCUT2D eigenvalue weighted by molar-refractivity contribution is 7.91. The maximum absolute atomic E-state index is 12.5. The van der Waals surface area contributed by atoms with Gasteiger partial charge in [-0.25, -0.2) is 8.42 Å². The fourth-order valence-electron chi connectivity index (χ4n) is 3.66. The van der Waals surface area contributed by atoms with Crippen molar-refractivity contribution in [1.82, 2.24) is 19.9 Å². The van der Waals surface area contributed by atoms with Gasteiger partial charge < -0.3 is 9.42 Å². The number of carbonyl (C=O) groups is 1. The van der Waals surface area contributed by atoms with Gasteiger partial charge in [-0.05, 0) is 26.2 Å². The van der Waals surface area contributed by atoms with E-state index in [2.05, 4.69) is 15.0 Å². The summed E-state index contributed by atoms with van der Waals surface area (Å²) >= 11 is 0. The van der Waals surface area contributed by atoms with Crippen LogP contribution in [0.1, 0.15) is 49.9 Å². The molecule has 138 valence electrons. The number of nitrogens with zero attached hydrogens (tertiary/aromatic N) is 4. The predicted molar refractivity (Wildman–Crippen MR) is 89.6 cm³/mol. The lowest BCUT2D eigenvalue weighted by atomic mass is 10.1. The Balaban J connectivity index is 1.32. The molecule has 3 fully saturated rings. The molecule has 0 bridgehead atoms. The van der Waals surface area contributed by atoms with E-state index in [0.717, 1.165) is 31.8 Å². The second-order valence-electron chi connectivity index (χ2n) is 7.40. The van der Waals surface area contributed by atoms with Crippen molar-refractivity contribution in [3.8, 4) is 0 Å². The highest BCUT2D eigenvalue weighted by Gasteiger charge is 2.37. The molecule has 2 saturated heterocycles. The molecule has 2 unspecified atom stereocenters. The van der Waals surface area contributed by atoms with Gasteiger partial charge in [-0.2, -0.15) is 4.98 Å². The Labute approximate surface area is 147 Å². The van der Waals surface area contributed by atoms with Crippen LogP contribution in [0.4, 0.5) is 0 Å². The van der Waals surface area contributed by atoms with Gasteiger partial charge in [0, 0.05) is 32.1 Å². The number of rotatable bonds is 4. The lowest BCUT2D eigenvalue weighted by Gasteiger charge is -2.37. The summed E-state index contributed by atoms with van der Waals surface area (Å²) in [5.41, 5.74) is 0. The van der Waals surface area contributed by atoms with Crippen LogP contribution in [0.5, 0.6) is 0 Å². The molecule has 8 nitrogen and oxygen atoms in total. The van der Waals surface area contributed by atoms with Crippen molar-refractivity contribution < 1.29 is 17.7 Å². The molecule has 1 amide bonds. The molecule has 1 aliphatic carbocycles. The smallest absolute Gasteiger partial charge is 0.243 e. The molecular weight excluding hydrogens is 344 g/mol. The first-order valence-electron chi connectivity index (χ1n) is 9.00. The molecule has 0 aromatic carbocycles. The molecule has 4 rings (SSSR count). The van der Waals surface area contributed by atoms with Gasteiger partial charge in [0.1, 0.15) is 0 Å². The van der Waals surface area contributed by atoms with Gasteiger partial charge in [0.05, 0.1) is 23.5 Å². The number of aromatic nitrogens is 2. The average molecular weight is 368 g/mol. The molecule has 1 aromatic rings. The highest BCUT2D eigenvalue weighted by atomic mass is 32.2. The van der Waals surface area contributed by atoms with Gasteiger partial charge in [-0.3, -0.25) is 9.69 Å². The third-order valence-corrected chi connectivity index (χ3v) is 7.28. The van der Waals surface area contributed by atoms with Gasteiger partial charge in [-0.15, -0.1) is 0 Å². The number of hydrogen-bond acceptors (Lipinski definition) is 7. The minimum atomic E-state index is -3.02. The van der Waals surface area contributed by atoms with Crippen molar-refractivity contribution in [1.29, 1.82) is 0 Å². The second-order valence-corrected chi connectivity index (χ2v) is 9.63. The summed E-state index contributed by atoms with van der Waals surface area (Å²) < 4.78 is 28.6. The lowest BCUT2D eigenvalue weighted by molar-refractivity contribution is -0.136. The van der Waals surface area contributed by atoms with Crippen LogP contribution < -0.4 is 0 Å². The fraction of sp³-hybridized carbons (Fsp3) is 0.812. The Morgan fingerprint density at radius 2 is 1.92 bits per heavy atom. The quantitative estimate of drug-likeness (QED) is 0.767. The summed E-state index contributed by atoms with van der Waals surface area (Å²) in [6.07, 6.45) is 2.75. The van der Waals surface area contributed by atoms with Crippen molar-refractivity contribution in [3.05, 3.63) is 11.7 Å². The maximum Gasteiger partial charge on any atom is 0.243 e. The van der Waals surface area contributed by atoms with Crippen LogP contribution in [-0.4, -0.2) is 72.0 Å². The maximum atomic E-state index is 12.5. The van der Waals surface area contributed by atoms with E-state index in [1.165, 1.54) is 0 Å². The first kappa shape index (κ1) is 17.0. The van der Waals surface area contributed by atoms with Crippen LogP contribution in [-0.2, 0) is 14.6 Å². The molecule has 0 spiro atoms. The SMILES string of the molecule is CC(c1nc(C2CC2)no1)N1CCN(C(=O)C2CCS(=O)(=O)C2)CC1. The zero-order valence-corrected chi connectivity index (χ0v) is 15.2. The van der Waals surface area contributed by atoms with Gasteiger partial charge in [0.2, 0.25) is 11.8 Å². The molecule has 2 atom stereocenters. The van der Waals surface area contributed by atoms with E-state index in [4.69, 9.17) is 4.52 Å². The molecule has 1 aromatic heterocycles. The van der Waals surface area contributed by atoms with E-state index in [9.17, 15) is 13.2 Å². The zero-order chi connectivity index (χ0) is 17.6. The van der Waals surface area contributed by atoms with Crippen LogP contribution in [0, 0.1) is 5.92 Å². The summed E-state index contributed by atoms with van der Waals surface area (Å²) in [7, 11) is -3.02. The Bertz CT molecular complexity index is 750. The summed E-state index contributed by atoms with van der Waals surface area (Å²) in [6, 6.07) is 0.0316. The van der Waals surface area contributed by atoms with Crippen LogP contribution in [0.25, 0.3) is 0 Å². The van der Waals surface area contributed by atoms with Crippen molar-refractivity contribution >= 4 is 15.7 Å². The molecule has 25 heavy (non-hydrogen) atoms. The Hall–Kier alpha value is -1.48. The number of carbonyl (C=O) groups excluding carboxylic acids is 1. The van der Waals surface area contributed by atoms with Gasteiger partial charge in [0.25, 0.3) is 0 Å². The van der Waals surface area contributed by atoms with Crippen molar-refractivity contribution in [2.45, 2.75) is 38.1 Å². The van der Waals surface area contributed by atoms with Gasteiger partial charge in [0.15, 0.2) is 15.7 Å². The van der Waals surface area contributed by atoms with Crippen molar-refractivity contribution in [2.24, 2.45) is 5.92 Å². The van der Waals surface area contributed by atoms with Crippen molar-refractivity contribution in [3.63, 3.8) is 0 Å². The first-order chi connectivity index (χ1) is 11.9. The second kappa shape index (κ2) is 6.35. The fourth-order valence-corrected chi connectivity index (χ4v) is 5.39. The molecule has 0 radical (unpaired) electrons. The van der Waals surface area contributed by atoms with E-state index in [1.54, 1.807) is 4.90 Å². The monoisotopic (exact) mass is 368 g/mol. The van der Waals surface area contributed by atoms with Crippen LogP contribution in [0.2, 0.25) is 0 Å². The number of sulfone groups is 1. The standard InChI is InChI=1S/C16H24N4O4S/c1-11(15-17-14(18-24-15)12-2-3-12)19-5-7-20(8-6-19)16(21)13-4-9-25(22,23)10-13/h11-13H,2-10H2,1H3. The van der Waals surface area contributed by atoms with Gasteiger partial charge >= 0.3 is 0 Å². The molecule has 3 aliphatic rings. The van der Waals surface area contributed by atoms with Crippen LogP contribution in [0.15, 0.2) is 4.52 Å². The number of piperazine rings is 1. The molecule has 2 aliphatic heterocycles. The topological polar surface area (TPSA) is 96.6 Å². The van der Waals surface area contributed by atoms with E-state index < -0.39 is 9.84 Å². The van der Waals surface area contributed by atoms with Crippen LogP contribution in [0.3, 0.4) is 0 Å². The van der Waals surface area contributed by atoms with E-state index in [-0.39, 0.29) is 29.4 Å². The highest BCUT2D eigenvalue weighted by Crippen LogP contribution is 2.38. The molecule has 0 N–H and O–H groups in total. The molecule has 9 heteroatoms. The van der Waals surface area contributed by atoms with E-state index in [0.29, 0.717) is 31.3 Å². The molecule has 3 heterocycles. The largest absolute Gasteiger partial charge is 0.340 e. The predicted octanol–water partition coefficient (Wildman–Crippen LogP) is 0.587. The third kappa shape index (κ3) is 3.57. The number of amides is 1. The Morgan fingerprint density at radius 3 is 2.52 bits per heavy atom. The third-order valence-electron chi connectivity index (χ3n) is 5.51. The Kier molecular flexibility index (Phi) is 4.31. The normalized spacial score (nSPS) is 28.2. The summed E-state index contributed by atoms with van der Waals surface area (Å²) in [6.45, 7) is 4.74. The average Bonchev–Trinajstić information content (AvgIpc) is 3.22. The molecular formula is C16H24N4O4S. The minimum absolute atomic E-state index is 0.00831. The van der Waals surface area contributed by atoms with E-state index in [1.807, 2.05) is 6.92 Å². The summed E-state index contributed by atoms with van der Waals surface area (Å²) in [5.74, 6) is 1.71. The first-order valence-corrected chi connectivity index (χ1v) is 10.8. The summed E-state index contributed by atoms with van der Waals surface area (Å²) in [5, 5.41) is 4.07. The van der Waals surface area contributed by atoms with Crippen LogP contribution >= 0.6 is 0 Å². The zero-order valence-electron chi connectivity index (χ0n) is 14.4. The molecule has 1 saturated carbocycles.